The van der Waals surface area contributed by atoms with E-state index in [-0.39, 0.29) is 0 Å². The minimum absolute atomic E-state index is 0.361. The van der Waals surface area contributed by atoms with Crippen molar-refractivity contribution in [1.29, 1.82) is 0 Å². The number of para-hydroxylation sites is 1. The number of ether oxygens (including phenoxy) is 2. The van der Waals surface area contributed by atoms with E-state index in [0.29, 0.717) is 12.2 Å². The van der Waals surface area contributed by atoms with Crippen LogP contribution in [0.25, 0.3) is 0 Å². The number of aryl methyl sites for hydroxylation is 2. The SMILES string of the molecule is Cc1cccc(C)c1OCCCCN1CC(C)OC(C)C1. The van der Waals surface area contributed by atoms with Crippen molar-refractivity contribution in [3.8, 4) is 5.75 Å². The van der Waals surface area contributed by atoms with Gasteiger partial charge in [-0.2, -0.15) is 0 Å². The Morgan fingerprint density at radius 3 is 2.33 bits per heavy atom. The fourth-order valence-corrected chi connectivity index (χ4v) is 3.11. The third-order valence-electron chi connectivity index (χ3n) is 4.02. The Bertz CT molecular complexity index is 417. The third kappa shape index (κ3) is 5.01. The number of rotatable bonds is 6. The molecule has 0 bridgehead atoms. The Morgan fingerprint density at radius 2 is 1.71 bits per heavy atom. The molecule has 0 saturated carbocycles. The van der Waals surface area contributed by atoms with Gasteiger partial charge >= 0.3 is 0 Å². The lowest BCUT2D eigenvalue weighted by Crippen LogP contribution is -2.45. The molecule has 1 saturated heterocycles. The topological polar surface area (TPSA) is 21.7 Å². The molecule has 2 rings (SSSR count). The number of hydrogen-bond acceptors (Lipinski definition) is 3. The number of nitrogens with zero attached hydrogens (tertiary/aromatic N) is 1. The molecule has 0 aromatic heterocycles. The summed E-state index contributed by atoms with van der Waals surface area (Å²) < 4.78 is 11.7. The summed E-state index contributed by atoms with van der Waals surface area (Å²) in [5.41, 5.74) is 2.46. The first kappa shape index (κ1) is 16.3. The Hall–Kier alpha value is -1.06. The van der Waals surface area contributed by atoms with Gasteiger partial charge in [0.15, 0.2) is 0 Å². The maximum Gasteiger partial charge on any atom is 0.125 e. The molecule has 0 N–H and O–H groups in total. The van der Waals surface area contributed by atoms with E-state index in [1.165, 1.54) is 17.5 Å². The number of unbranched alkanes of at least 4 members (excludes halogenated alkanes) is 1. The lowest BCUT2D eigenvalue weighted by Gasteiger charge is -2.35. The second-order valence-electron chi connectivity index (χ2n) is 6.29. The number of hydrogen-bond donors (Lipinski definition) is 0. The lowest BCUT2D eigenvalue weighted by atomic mass is 10.1. The fraction of sp³-hybridized carbons (Fsp3) is 0.667. The standard InChI is InChI=1S/C18H29NO2/c1-14-8-7-9-15(2)18(14)20-11-6-5-10-19-12-16(3)21-17(4)13-19/h7-9,16-17H,5-6,10-13H2,1-4H3. The van der Waals surface area contributed by atoms with Crippen LogP contribution in [0.2, 0.25) is 0 Å². The zero-order valence-electron chi connectivity index (χ0n) is 13.9. The summed E-state index contributed by atoms with van der Waals surface area (Å²) in [4.78, 5) is 2.51. The van der Waals surface area contributed by atoms with Gasteiger partial charge in [0.1, 0.15) is 5.75 Å². The molecule has 1 heterocycles. The molecule has 0 aliphatic carbocycles. The third-order valence-corrected chi connectivity index (χ3v) is 4.02. The van der Waals surface area contributed by atoms with Crippen LogP contribution in [-0.2, 0) is 4.74 Å². The van der Waals surface area contributed by atoms with Crippen LogP contribution in [0, 0.1) is 13.8 Å². The van der Waals surface area contributed by atoms with Gasteiger partial charge in [0.2, 0.25) is 0 Å². The van der Waals surface area contributed by atoms with Gasteiger partial charge in [-0.25, -0.2) is 0 Å². The highest BCUT2D eigenvalue weighted by molar-refractivity contribution is 5.39. The van der Waals surface area contributed by atoms with Crippen LogP contribution >= 0.6 is 0 Å². The largest absolute Gasteiger partial charge is 0.493 e. The molecular weight excluding hydrogens is 262 g/mol. The van der Waals surface area contributed by atoms with Crippen LogP contribution in [0.1, 0.15) is 37.8 Å². The maximum absolute atomic E-state index is 5.96. The second-order valence-corrected chi connectivity index (χ2v) is 6.29. The van der Waals surface area contributed by atoms with Crippen LogP contribution in [-0.4, -0.2) is 43.3 Å². The van der Waals surface area contributed by atoms with Crippen molar-refractivity contribution in [3.63, 3.8) is 0 Å². The van der Waals surface area contributed by atoms with E-state index in [2.05, 4.69) is 50.8 Å². The van der Waals surface area contributed by atoms with Crippen molar-refractivity contribution in [2.24, 2.45) is 0 Å². The lowest BCUT2D eigenvalue weighted by molar-refractivity contribution is -0.0682. The van der Waals surface area contributed by atoms with Gasteiger partial charge in [0.25, 0.3) is 0 Å². The summed E-state index contributed by atoms with van der Waals surface area (Å²) >= 11 is 0. The summed E-state index contributed by atoms with van der Waals surface area (Å²) in [5, 5.41) is 0. The van der Waals surface area contributed by atoms with Crippen LogP contribution in [0.15, 0.2) is 18.2 Å². The van der Waals surface area contributed by atoms with E-state index in [1.54, 1.807) is 0 Å². The van der Waals surface area contributed by atoms with Crippen molar-refractivity contribution >= 4 is 0 Å². The maximum atomic E-state index is 5.96. The Labute approximate surface area is 129 Å². The zero-order valence-corrected chi connectivity index (χ0v) is 13.9. The van der Waals surface area contributed by atoms with Crippen LogP contribution in [0.3, 0.4) is 0 Å². The van der Waals surface area contributed by atoms with Gasteiger partial charge < -0.3 is 9.47 Å². The minimum Gasteiger partial charge on any atom is -0.493 e. The van der Waals surface area contributed by atoms with Crippen LogP contribution < -0.4 is 4.74 Å². The predicted molar refractivity (Wildman–Crippen MR) is 87.1 cm³/mol. The van der Waals surface area contributed by atoms with E-state index < -0.39 is 0 Å². The molecule has 21 heavy (non-hydrogen) atoms. The predicted octanol–water partition coefficient (Wildman–Crippen LogP) is 3.57. The van der Waals surface area contributed by atoms with E-state index in [9.17, 15) is 0 Å². The highest BCUT2D eigenvalue weighted by Gasteiger charge is 2.21. The van der Waals surface area contributed by atoms with Crippen molar-refractivity contribution in [2.45, 2.75) is 52.7 Å². The quantitative estimate of drug-likeness (QED) is 0.748. The molecule has 0 spiro atoms. The Morgan fingerprint density at radius 1 is 1.10 bits per heavy atom. The summed E-state index contributed by atoms with van der Waals surface area (Å²) in [5.74, 6) is 1.06. The van der Waals surface area contributed by atoms with E-state index in [0.717, 1.165) is 38.4 Å². The highest BCUT2D eigenvalue weighted by atomic mass is 16.5. The van der Waals surface area contributed by atoms with Crippen molar-refractivity contribution in [3.05, 3.63) is 29.3 Å². The molecule has 118 valence electrons. The van der Waals surface area contributed by atoms with Crippen molar-refractivity contribution in [1.82, 2.24) is 4.90 Å². The molecule has 2 unspecified atom stereocenters. The number of benzene rings is 1. The van der Waals surface area contributed by atoms with Crippen molar-refractivity contribution in [2.75, 3.05) is 26.2 Å². The second kappa shape index (κ2) is 7.81. The first-order chi connectivity index (χ1) is 10.1. The van der Waals surface area contributed by atoms with Gasteiger partial charge in [-0.1, -0.05) is 18.2 Å². The first-order valence-electron chi connectivity index (χ1n) is 8.13. The molecular formula is C18H29NO2. The van der Waals surface area contributed by atoms with Crippen molar-refractivity contribution < 1.29 is 9.47 Å². The molecule has 3 heteroatoms. The Kier molecular flexibility index (Phi) is 6.07. The molecule has 2 atom stereocenters. The molecule has 0 amide bonds. The molecule has 1 aliphatic heterocycles. The molecule has 3 nitrogen and oxygen atoms in total. The van der Waals surface area contributed by atoms with Crippen LogP contribution in [0.4, 0.5) is 0 Å². The van der Waals surface area contributed by atoms with Gasteiger partial charge in [-0.15, -0.1) is 0 Å². The average molecular weight is 291 g/mol. The summed E-state index contributed by atoms with van der Waals surface area (Å²) in [6, 6.07) is 6.30. The summed E-state index contributed by atoms with van der Waals surface area (Å²) in [6.45, 7) is 12.6. The summed E-state index contributed by atoms with van der Waals surface area (Å²) in [7, 11) is 0. The smallest absolute Gasteiger partial charge is 0.125 e. The van der Waals surface area contributed by atoms with Crippen LogP contribution in [0.5, 0.6) is 5.75 Å². The van der Waals surface area contributed by atoms with Gasteiger partial charge in [-0.3, -0.25) is 4.90 Å². The highest BCUT2D eigenvalue weighted by Crippen LogP contribution is 2.22. The van der Waals surface area contributed by atoms with E-state index >= 15 is 0 Å². The average Bonchev–Trinajstić information content (AvgIpc) is 2.40. The molecule has 1 aromatic carbocycles. The molecule has 1 aliphatic rings. The van der Waals surface area contributed by atoms with E-state index in [4.69, 9.17) is 9.47 Å². The van der Waals surface area contributed by atoms with Gasteiger partial charge in [0, 0.05) is 13.1 Å². The number of morpholine rings is 1. The minimum atomic E-state index is 0.361. The fourth-order valence-electron chi connectivity index (χ4n) is 3.11. The van der Waals surface area contributed by atoms with Gasteiger partial charge in [-0.05, 0) is 58.2 Å². The zero-order chi connectivity index (χ0) is 15.2. The Balaban J connectivity index is 1.66. The molecule has 1 aromatic rings. The van der Waals surface area contributed by atoms with Gasteiger partial charge in [0.05, 0.1) is 18.8 Å². The summed E-state index contributed by atoms with van der Waals surface area (Å²) in [6.07, 6.45) is 3.01. The first-order valence-corrected chi connectivity index (χ1v) is 8.13. The van der Waals surface area contributed by atoms with E-state index in [1.807, 2.05) is 0 Å². The molecule has 0 radical (unpaired) electrons. The molecule has 1 fully saturated rings. The monoisotopic (exact) mass is 291 g/mol. The normalized spacial score (nSPS) is 23.2.